The van der Waals surface area contributed by atoms with Crippen LogP contribution in [0.3, 0.4) is 0 Å². The van der Waals surface area contributed by atoms with Gasteiger partial charge in [0.05, 0.1) is 11.4 Å². The molecule has 4 heteroatoms. The summed E-state index contributed by atoms with van der Waals surface area (Å²) in [4.78, 5) is 9.13. The van der Waals surface area contributed by atoms with Gasteiger partial charge in [-0.15, -0.1) is 17.7 Å². The van der Waals surface area contributed by atoms with E-state index in [2.05, 4.69) is 43.7 Å². The molecule has 0 saturated carbocycles. The molecule has 2 nitrogen and oxygen atoms in total. The third-order valence-electron chi connectivity index (χ3n) is 4.05. The van der Waals surface area contributed by atoms with Crippen LogP contribution in [-0.2, 0) is 18.8 Å². The Morgan fingerprint density at radius 1 is 0.679 bits per heavy atom. The Hall–Kier alpha value is -2.54. The first-order valence-electron chi connectivity index (χ1n) is 8.64. The van der Waals surface area contributed by atoms with Gasteiger partial charge in [-0.25, -0.2) is 0 Å². The fraction of sp³-hybridized carbons (Fsp3) is 0. The van der Waals surface area contributed by atoms with Gasteiger partial charge in [0.25, 0.3) is 0 Å². The molecule has 0 aromatic heterocycles. The molecule has 0 aliphatic heterocycles. The van der Waals surface area contributed by atoms with E-state index in [4.69, 9.17) is 0 Å². The predicted octanol–water partition coefficient (Wildman–Crippen LogP) is 6.83. The molecule has 0 unspecified atom stereocenters. The zero-order valence-corrected chi connectivity index (χ0v) is 17.9. The number of rotatable bonds is 4. The van der Waals surface area contributed by atoms with Crippen molar-refractivity contribution in [3.63, 3.8) is 0 Å². The molecular weight excluding hydrogens is 547 g/mol. The summed E-state index contributed by atoms with van der Waals surface area (Å²) in [5.41, 5.74) is 3.74. The molecule has 0 heterocycles. The van der Waals surface area contributed by atoms with Gasteiger partial charge < -0.3 is 0 Å². The van der Waals surface area contributed by atoms with Crippen LogP contribution in [0.1, 0.15) is 11.1 Å². The van der Waals surface area contributed by atoms with Crippen molar-refractivity contribution >= 4 is 44.0 Å². The average molecular weight is 564 g/mol. The van der Waals surface area contributed by atoms with Crippen molar-refractivity contribution in [1.29, 1.82) is 0 Å². The van der Waals surface area contributed by atoms with Crippen LogP contribution in [0.15, 0.2) is 101 Å². The minimum atomic E-state index is 0.924. The summed E-state index contributed by atoms with van der Waals surface area (Å²) >= 11 is 1.61. The molecule has 0 radical (unpaired) electrons. The summed E-state index contributed by atoms with van der Waals surface area (Å²) in [6.07, 6.45) is 3.72. The normalized spacial score (nSPS) is 11.0. The Morgan fingerprint density at radius 3 is 1.86 bits per heavy atom. The molecule has 0 amide bonds. The van der Waals surface area contributed by atoms with Gasteiger partial charge >= 0.3 is 28.2 Å². The van der Waals surface area contributed by atoms with Crippen LogP contribution in [0.4, 0.5) is 11.4 Å². The largest absolute Gasteiger partial charge is 0.295 e. The van der Waals surface area contributed by atoms with E-state index in [1.165, 1.54) is 0 Å². The minimum absolute atomic E-state index is 0.924. The fourth-order valence-electron chi connectivity index (χ4n) is 2.78. The molecule has 4 rings (SSSR count). The van der Waals surface area contributed by atoms with Gasteiger partial charge in [0.15, 0.2) is 0 Å². The molecule has 140 valence electrons. The van der Waals surface area contributed by atoms with Crippen molar-refractivity contribution in [2.75, 3.05) is 0 Å². The van der Waals surface area contributed by atoms with Crippen molar-refractivity contribution < 1.29 is 18.8 Å². The maximum absolute atomic E-state index is 4.61. The number of hydrogen-bond acceptors (Lipinski definition) is 2. The standard InChI is InChI=1S/C24H17N2.ClH.Pt/c1-3-10-22(11-4-1)25-17-19-15-20-9-7-8-14-24(20)21(16-19)18-26-23-12-5-2-6-13-23;;/h1-15,17-18H;1H;/q-1;;+2/p-1. The Labute approximate surface area is 180 Å². The van der Waals surface area contributed by atoms with E-state index in [9.17, 15) is 0 Å². The zero-order valence-electron chi connectivity index (χ0n) is 14.9. The van der Waals surface area contributed by atoms with E-state index in [0.717, 1.165) is 33.3 Å². The van der Waals surface area contributed by atoms with Gasteiger partial charge in [0.2, 0.25) is 0 Å². The van der Waals surface area contributed by atoms with Crippen molar-refractivity contribution in [1.82, 2.24) is 0 Å². The fourth-order valence-corrected chi connectivity index (χ4v) is 2.78. The smallest absolute Gasteiger partial charge is 0.0538 e. The van der Waals surface area contributed by atoms with Gasteiger partial charge in [-0.1, -0.05) is 77.0 Å². The number of para-hydroxylation sites is 2. The minimum Gasteiger partial charge on any atom is -0.295 e. The quantitative estimate of drug-likeness (QED) is 0.192. The summed E-state index contributed by atoms with van der Waals surface area (Å²) in [5.74, 6) is 0. The Bertz CT molecular complexity index is 1080. The monoisotopic (exact) mass is 563 g/mol. The predicted molar refractivity (Wildman–Crippen MR) is 116 cm³/mol. The van der Waals surface area contributed by atoms with Crippen LogP contribution in [0, 0.1) is 6.07 Å². The van der Waals surface area contributed by atoms with Crippen molar-refractivity contribution in [2.45, 2.75) is 0 Å². The maximum Gasteiger partial charge on any atom is 0.0538 e. The Morgan fingerprint density at radius 2 is 1.21 bits per heavy atom. The van der Waals surface area contributed by atoms with E-state index in [1.54, 1.807) is 18.8 Å². The molecule has 0 atom stereocenters. The summed E-state index contributed by atoms with van der Waals surface area (Å²) < 4.78 is 0. The summed E-state index contributed by atoms with van der Waals surface area (Å²) in [5, 5.41) is 2.28. The molecule has 4 aromatic rings. The van der Waals surface area contributed by atoms with Crippen molar-refractivity contribution in [2.24, 2.45) is 9.98 Å². The summed E-state index contributed by atoms with van der Waals surface area (Å²) in [6, 6.07) is 33.6. The molecule has 28 heavy (non-hydrogen) atoms. The first-order chi connectivity index (χ1) is 13.9. The second-order valence-electron chi connectivity index (χ2n) is 5.91. The van der Waals surface area contributed by atoms with Crippen LogP contribution in [0.2, 0.25) is 0 Å². The van der Waals surface area contributed by atoms with Crippen LogP contribution in [0.25, 0.3) is 10.8 Å². The SMILES string of the molecule is [Cl][Pt+].[c-]1c(C=Nc2ccccc2)cc2ccccc2c1C=Nc1ccccc1. The second kappa shape index (κ2) is 10.7. The molecular formula is C24H17ClN2Pt. The van der Waals surface area contributed by atoms with Gasteiger partial charge in [0, 0.05) is 0 Å². The molecule has 0 saturated heterocycles. The molecule has 0 aliphatic rings. The number of benzene rings is 4. The average Bonchev–Trinajstić information content (AvgIpc) is 2.79. The van der Waals surface area contributed by atoms with E-state index >= 15 is 0 Å². The van der Waals surface area contributed by atoms with Crippen LogP contribution >= 0.6 is 9.42 Å². The molecule has 0 bridgehead atoms. The molecule has 0 aliphatic carbocycles. The first kappa shape index (κ1) is 20.2. The van der Waals surface area contributed by atoms with Gasteiger partial charge in [-0.3, -0.25) is 9.98 Å². The van der Waals surface area contributed by atoms with E-state index < -0.39 is 0 Å². The maximum atomic E-state index is 4.61. The van der Waals surface area contributed by atoms with Gasteiger partial charge in [0.1, 0.15) is 0 Å². The Kier molecular flexibility index (Phi) is 7.72. The zero-order chi connectivity index (χ0) is 19.6. The number of nitrogens with zero attached hydrogens (tertiary/aromatic N) is 2. The van der Waals surface area contributed by atoms with Gasteiger partial charge in [-0.2, -0.15) is 0 Å². The number of halogens is 1. The third kappa shape index (κ3) is 5.48. The van der Waals surface area contributed by atoms with E-state index in [0.29, 0.717) is 0 Å². The first-order valence-corrected chi connectivity index (χ1v) is 11.5. The molecule has 0 fully saturated rings. The second-order valence-corrected chi connectivity index (χ2v) is 5.91. The molecule has 0 N–H and O–H groups in total. The third-order valence-corrected chi connectivity index (χ3v) is 4.05. The summed E-state index contributed by atoms with van der Waals surface area (Å²) in [7, 11) is 4.61. The van der Waals surface area contributed by atoms with Crippen molar-refractivity contribution in [3.8, 4) is 0 Å². The Balaban J connectivity index is 0.00000109. The van der Waals surface area contributed by atoms with E-state index in [-0.39, 0.29) is 0 Å². The van der Waals surface area contributed by atoms with E-state index in [1.807, 2.05) is 85.2 Å². The molecule has 0 spiro atoms. The molecule has 4 aromatic carbocycles. The number of aliphatic imine (C=N–C) groups is 2. The van der Waals surface area contributed by atoms with Gasteiger partial charge in [-0.05, 0) is 36.7 Å². The van der Waals surface area contributed by atoms with Crippen LogP contribution in [0.5, 0.6) is 0 Å². The number of hydrogen-bond donors (Lipinski definition) is 0. The number of fused-ring (bicyclic) bond motifs is 1. The van der Waals surface area contributed by atoms with Crippen LogP contribution < -0.4 is 0 Å². The van der Waals surface area contributed by atoms with Crippen molar-refractivity contribution in [3.05, 3.63) is 108 Å². The topological polar surface area (TPSA) is 24.7 Å². The summed E-state index contributed by atoms with van der Waals surface area (Å²) in [6.45, 7) is 0. The van der Waals surface area contributed by atoms with Crippen LogP contribution in [-0.4, -0.2) is 12.4 Å².